The number of Topliss-reactive ketones (excluding diaryl/α,β-unsaturated/α-hetero) is 1. The molecule has 2 aromatic rings. The summed E-state index contributed by atoms with van der Waals surface area (Å²) in [6.45, 7) is 1.61. The van der Waals surface area contributed by atoms with Crippen LogP contribution in [0.25, 0.3) is 0 Å². The molecule has 0 saturated heterocycles. The molecule has 0 saturated carbocycles. The van der Waals surface area contributed by atoms with Gasteiger partial charge in [0.25, 0.3) is 0 Å². The van der Waals surface area contributed by atoms with E-state index in [4.69, 9.17) is 25.1 Å². The van der Waals surface area contributed by atoms with E-state index in [0.717, 1.165) is 5.56 Å². The van der Waals surface area contributed by atoms with Crippen LogP contribution in [-0.2, 0) is 6.42 Å². The van der Waals surface area contributed by atoms with E-state index in [2.05, 4.69) is 0 Å². The van der Waals surface area contributed by atoms with Gasteiger partial charge in [0.2, 0.25) is 0 Å². The highest BCUT2D eigenvalue weighted by molar-refractivity contribution is 6.06. The second-order valence-corrected chi connectivity index (χ2v) is 8.14. The molecule has 0 aliphatic carbocycles. The van der Waals surface area contributed by atoms with Crippen molar-refractivity contribution in [2.45, 2.75) is 44.0 Å². The summed E-state index contributed by atoms with van der Waals surface area (Å²) in [7, 11) is 3.10. The zero-order valence-electron chi connectivity index (χ0n) is 18.1. The number of rotatable bonds is 3. The summed E-state index contributed by atoms with van der Waals surface area (Å²) < 4.78 is 36.5. The Morgan fingerprint density at radius 1 is 1.17 bits per heavy atom. The maximum atomic E-state index is 13.6. The molecule has 30 heavy (non-hydrogen) atoms. The molecule has 158 valence electrons. The van der Waals surface area contributed by atoms with Crippen LogP contribution in [0.15, 0.2) is 24.3 Å². The normalized spacial score (nSPS) is 25.8. The molecule has 2 aromatic carbocycles. The fourth-order valence-electron chi connectivity index (χ4n) is 4.41. The molecule has 3 aliphatic heterocycles. The van der Waals surface area contributed by atoms with Gasteiger partial charge in [0.1, 0.15) is 36.1 Å². The van der Waals surface area contributed by atoms with E-state index in [1.54, 1.807) is 45.4 Å². The lowest BCUT2D eigenvalue weighted by Gasteiger charge is -2.37. The lowest BCUT2D eigenvalue weighted by molar-refractivity contribution is -0.0230. The van der Waals surface area contributed by atoms with Crippen LogP contribution < -0.4 is 23.7 Å². The number of ether oxygens (including phenoxy) is 5. The summed E-state index contributed by atoms with van der Waals surface area (Å²) >= 11 is 0. The molecular weight excluding hydrogens is 388 g/mol. The summed E-state index contributed by atoms with van der Waals surface area (Å²) in [4.78, 5) is 13.6. The lowest BCUT2D eigenvalue weighted by atomic mass is 9.81. The zero-order chi connectivity index (χ0) is 21.9. The highest BCUT2D eigenvalue weighted by Gasteiger charge is 2.46. The fraction of sp³-hybridized carbons (Fsp3) is 0.435. The molecule has 0 aromatic heterocycles. The fourth-order valence-corrected chi connectivity index (χ4v) is 4.41. The van der Waals surface area contributed by atoms with Gasteiger partial charge in [-0.05, 0) is 32.0 Å². The monoisotopic (exact) mass is 413 g/mol. The van der Waals surface area contributed by atoms with E-state index in [9.17, 15) is 9.90 Å². The Morgan fingerprint density at radius 2 is 1.93 bits per heavy atom. The smallest absolute Gasteiger partial charge is 0.178 e. The number of carbonyl (C=O) groups excluding carboxylic acids is 1. The van der Waals surface area contributed by atoms with E-state index >= 15 is 0 Å². The Kier molecular flexibility index (Phi) is 3.90. The lowest BCUT2D eigenvalue weighted by Crippen LogP contribution is -2.43. The predicted molar refractivity (Wildman–Crippen MR) is 107 cm³/mol. The van der Waals surface area contributed by atoms with Gasteiger partial charge in [-0.2, -0.15) is 0 Å². The molecule has 0 spiro atoms. The first-order valence-corrected chi connectivity index (χ1v) is 9.81. The molecule has 0 amide bonds. The van der Waals surface area contributed by atoms with E-state index in [1.807, 2.05) is 0 Å². The first-order valence-electron chi connectivity index (χ1n) is 10.5. The Balaban J connectivity index is 1.55. The minimum Gasteiger partial charge on any atom is -0.493 e. The standard InChI is InChI=1S/C23H24O7/c1-23(2,25)19-8-13-14(29-19)6-5-11-21(24)20-12-7-16(26-3)17(27-4)9-15(12)28-10-18(20)30-22(11)13/h5-7,9,18-20,25H,8,10H2,1-4H3/t18-,19-,20+/m1/s1/i1D/t18-,19-,20+,23-. The molecule has 0 unspecified atom stereocenters. The van der Waals surface area contributed by atoms with Gasteiger partial charge in [0.05, 0.1) is 31.3 Å². The third-order valence-corrected chi connectivity index (χ3v) is 6.01. The number of hydrogen-bond acceptors (Lipinski definition) is 7. The van der Waals surface area contributed by atoms with Crippen molar-refractivity contribution in [2.24, 2.45) is 0 Å². The number of ketones is 1. The highest BCUT2D eigenvalue weighted by Crippen LogP contribution is 2.50. The molecule has 7 nitrogen and oxygen atoms in total. The topological polar surface area (TPSA) is 83.5 Å². The second-order valence-electron chi connectivity index (χ2n) is 8.14. The average Bonchev–Trinajstić information content (AvgIpc) is 3.23. The predicted octanol–water partition coefficient (Wildman–Crippen LogP) is 2.90. The third-order valence-electron chi connectivity index (χ3n) is 6.01. The molecule has 0 radical (unpaired) electrons. The van der Waals surface area contributed by atoms with Gasteiger partial charge < -0.3 is 28.8 Å². The van der Waals surface area contributed by atoms with Crippen molar-refractivity contribution < 1.29 is 35.0 Å². The quantitative estimate of drug-likeness (QED) is 0.828. The molecule has 1 N–H and O–H groups in total. The van der Waals surface area contributed by atoms with Crippen LogP contribution in [0.5, 0.6) is 28.7 Å². The van der Waals surface area contributed by atoms with Gasteiger partial charge in [0.15, 0.2) is 17.3 Å². The van der Waals surface area contributed by atoms with Crippen molar-refractivity contribution in [2.75, 3.05) is 20.8 Å². The minimum atomic E-state index is -1.30. The first kappa shape index (κ1) is 17.9. The van der Waals surface area contributed by atoms with Crippen LogP contribution in [0.2, 0.25) is 0 Å². The third kappa shape index (κ3) is 2.72. The number of aliphatic hydroxyl groups is 1. The molecule has 3 heterocycles. The maximum Gasteiger partial charge on any atom is 0.178 e. The highest BCUT2D eigenvalue weighted by atomic mass is 16.5. The van der Waals surface area contributed by atoms with Gasteiger partial charge >= 0.3 is 0 Å². The minimum absolute atomic E-state index is 0.0541. The van der Waals surface area contributed by atoms with Crippen LogP contribution in [0.1, 0.15) is 42.6 Å². The zero-order valence-corrected chi connectivity index (χ0v) is 17.1. The van der Waals surface area contributed by atoms with Crippen molar-refractivity contribution >= 4 is 5.78 Å². The summed E-state index contributed by atoms with van der Waals surface area (Å²) in [6.07, 6.45) is -0.687. The van der Waals surface area contributed by atoms with Crippen molar-refractivity contribution in [3.8, 4) is 28.7 Å². The van der Waals surface area contributed by atoms with Crippen LogP contribution >= 0.6 is 0 Å². The summed E-state index contributed by atoms with van der Waals surface area (Å²) in [5.41, 5.74) is 0.644. The molecular formula is C23H24O7. The van der Waals surface area contributed by atoms with E-state index in [1.165, 1.54) is 0 Å². The number of carbonyl (C=O) groups is 1. The maximum absolute atomic E-state index is 13.6. The number of fused-ring (bicyclic) bond motifs is 6. The van der Waals surface area contributed by atoms with Gasteiger partial charge in [-0.1, -0.05) is 0 Å². The largest absolute Gasteiger partial charge is 0.493 e. The molecule has 0 fully saturated rings. The Bertz CT molecular complexity index is 1060. The Hall–Kier alpha value is -2.93. The van der Waals surface area contributed by atoms with Crippen molar-refractivity contribution in [3.05, 3.63) is 41.0 Å². The second kappa shape index (κ2) is 6.54. The van der Waals surface area contributed by atoms with Crippen LogP contribution in [0, 0.1) is 0 Å². The van der Waals surface area contributed by atoms with Gasteiger partial charge in [0, 0.05) is 25.0 Å². The number of hydrogen-bond donors (Lipinski definition) is 1. The molecule has 4 atom stereocenters. The van der Waals surface area contributed by atoms with E-state index < -0.39 is 23.7 Å². The molecule has 0 bridgehead atoms. The van der Waals surface area contributed by atoms with Crippen molar-refractivity contribution in [1.29, 1.82) is 0 Å². The summed E-state index contributed by atoms with van der Waals surface area (Å²) in [5.74, 6) is 2.12. The summed E-state index contributed by atoms with van der Waals surface area (Å²) in [6, 6.07) is 6.96. The van der Waals surface area contributed by atoms with E-state index in [-0.39, 0.29) is 19.3 Å². The number of methoxy groups -OCH3 is 2. The van der Waals surface area contributed by atoms with Gasteiger partial charge in [-0.3, -0.25) is 4.79 Å². The van der Waals surface area contributed by atoms with Crippen LogP contribution in [-0.4, -0.2) is 49.5 Å². The van der Waals surface area contributed by atoms with Crippen molar-refractivity contribution in [1.82, 2.24) is 0 Å². The van der Waals surface area contributed by atoms with Crippen molar-refractivity contribution in [3.63, 3.8) is 0 Å². The van der Waals surface area contributed by atoms with Gasteiger partial charge in [-0.15, -0.1) is 0 Å². The summed E-state index contributed by atoms with van der Waals surface area (Å²) in [5, 5.41) is 10.5. The van der Waals surface area contributed by atoms with Gasteiger partial charge in [-0.25, -0.2) is 0 Å². The SMILES string of the molecule is [2H]C[C@](C)(O)[C@H]1Cc2c(ccc3c2O[C@@H]2COc4cc(OC)c(OC)cc4[C@@H]2C3=O)O1. The molecule has 7 heteroatoms. The molecule has 3 aliphatic rings. The van der Waals surface area contributed by atoms with Crippen LogP contribution in [0.4, 0.5) is 0 Å². The first-order chi connectivity index (χ1) is 14.9. The average molecular weight is 413 g/mol. The van der Waals surface area contributed by atoms with Crippen LogP contribution in [0.3, 0.4) is 0 Å². The molecule has 5 rings (SSSR count). The van der Waals surface area contributed by atoms with E-state index in [0.29, 0.717) is 46.3 Å². The number of benzene rings is 2. The Labute approximate surface area is 175 Å². The Morgan fingerprint density at radius 3 is 2.67 bits per heavy atom.